The molecule has 0 fully saturated rings. The Morgan fingerprint density at radius 3 is 2.73 bits per heavy atom. The average Bonchev–Trinajstić information content (AvgIpc) is 2.16. The average molecular weight is 208 g/mol. The highest BCUT2D eigenvalue weighted by Gasteiger charge is 2.09. The van der Waals surface area contributed by atoms with E-state index in [1.54, 1.807) is 6.20 Å². The molecule has 0 bridgehead atoms. The van der Waals surface area contributed by atoms with Crippen molar-refractivity contribution in [2.45, 2.75) is 33.7 Å². The number of nitrogens with two attached hydrogens (primary N) is 1. The number of ether oxygens (including phenoxy) is 1. The molecule has 2 N–H and O–H groups in total. The van der Waals surface area contributed by atoms with Gasteiger partial charge < -0.3 is 10.5 Å². The Morgan fingerprint density at radius 2 is 2.13 bits per heavy atom. The summed E-state index contributed by atoms with van der Waals surface area (Å²) in [6, 6.07) is 3.75. The number of nitrogens with zero attached hydrogens (tertiary/aromatic N) is 1. The second-order valence-electron chi connectivity index (χ2n) is 4.85. The van der Waals surface area contributed by atoms with Crippen LogP contribution in [0.4, 0.5) is 0 Å². The third-order valence-corrected chi connectivity index (χ3v) is 2.12. The molecule has 3 nitrogen and oxygen atoms in total. The lowest BCUT2D eigenvalue weighted by Gasteiger charge is -2.18. The minimum atomic E-state index is 0.309. The highest BCUT2D eigenvalue weighted by Crippen LogP contribution is 2.19. The third kappa shape index (κ3) is 4.79. The maximum Gasteiger partial charge on any atom is 0.122 e. The lowest BCUT2D eigenvalue weighted by Crippen LogP contribution is -2.11. The summed E-state index contributed by atoms with van der Waals surface area (Å²) in [5, 5.41) is 0. The molecule has 0 aliphatic carbocycles. The molecule has 0 aliphatic rings. The molecular weight excluding hydrogens is 188 g/mol. The van der Waals surface area contributed by atoms with Crippen LogP contribution in [0.5, 0.6) is 5.75 Å². The van der Waals surface area contributed by atoms with E-state index < -0.39 is 0 Å². The Labute approximate surface area is 91.7 Å². The lowest BCUT2D eigenvalue weighted by atomic mass is 9.93. The summed E-state index contributed by atoms with van der Waals surface area (Å²) in [4.78, 5) is 4.11. The largest absolute Gasteiger partial charge is 0.493 e. The Bertz CT molecular complexity index is 305. The van der Waals surface area contributed by atoms with Gasteiger partial charge in [-0.3, -0.25) is 4.98 Å². The van der Waals surface area contributed by atoms with Gasteiger partial charge in [-0.25, -0.2) is 0 Å². The Morgan fingerprint density at radius 1 is 1.40 bits per heavy atom. The summed E-state index contributed by atoms with van der Waals surface area (Å²) in [7, 11) is 0. The van der Waals surface area contributed by atoms with E-state index in [0.717, 1.165) is 24.5 Å². The molecule has 84 valence electrons. The predicted octanol–water partition coefficient (Wildman–Crippen LogP) is 2.36. The van der Waals surface area contributed by atoms with E-state index in [-0.39, 0.29) is 0 Å². The summed E-state index contributed by atoms with van der Waals surface area (Å²) >= 11 is 0. The van der Waals surface area contributed by atoms with Crippen molar-refractivity contribution < 1.29 is 4.74 Å². The van der Waals surface area contributed by atoms with Gasteiger partial charge >= 0.3 is 0 Å². The zero-order chi connectivity index (χ0) is 11.3. The van der Waals surface area contributed by atoms with Gasteiger partial charge in [0, 0.05) is 18.8 Å². The number of aromatic nitrogens is 1. The van der Waals surface area contributed by atoms with Gasteiger partial charge in [-0.15, -0.1) is 0 Å². The van der Waals surface area contributed by atoms with Gasteiger partial charge in [0.05, 0.1) is 12.3 Å². The molecule has 0 aromatic carbocycles. The summed E-state index contributed by atoms with van der Waals surface area (Å²) in [5.41, 5.74) is 6.67. The molecule has 0 unspecified atom stereocenters. The summed E-state index contributed by atoms with van der Waals surface area (Å²) in [5.74, 6) is 0.856. The van der Waals surface area contributed by atoms with E-state index in [2.05, 4.69) is 25.8 Å². The molecule has 0 saturated carbocycles. The van der Waals surface area contributed by atoms with Gasteiger partial charge in [-0.2, -0.15) is 0 Å². The first-order valence-corrected chi connectivity index (χ1v) is 5.29. The molecule has 1 rings (SSSR count). The molecule has 0 radical (unpaired) electrons. The van der Waals surface area contributed by atoms with Gasteiger partial charge in [0.1, 0.15) is 5.75 Å². The summed E-state index contributed by atoms with van der Waals surface area (Å²) in [6.45, 7) is 7.80. The van der Waals surface area contributed by atoms with Gasteiger partial charge in [0.15, 0.2) is 0 Å². The number of rotatable bonds is 4. The SMILES string of the molecule is CC(C)(C)CCOc1ccnc(CN)c1. The Balaban J connectivity index is 2.44. The standard InChI is InChI=1S/C12H20N2O/c1-12(2,3)5-7-15-11-4-6-14-10(8-11)9-13/h4,6,8H,5,7,9,13H2,1-3H3. The van der Waals surface area contributed by atoms with Crippen LogP contribution in [-0.4, -0.2) is 11.6 Å². The van der Waals surface area contributed by atoms with Crippen molar-refractivity contribution in [3.05, 3.63) is 24.0 Å². The quantitative estimate of drug-likeness (QED) is 0.826. The van der Waals surface area contributed by atoms with E-state index in [1.165, 1.54) is 0 Å². The normalized spacial score (nSPS) is 11.5. The minimum Gasteiger partial charge on any atom is -0.493 e. The van der Waals surface area contributed by atoms with Crippen molar-refractivity contribution in [2.24, 2.45) is 11.1 Å². The smallest absolute Gasteiger partial charge is 0.122 e. The molecule has 0 aliphatic heterocycles. The van der Waals surface area contributed by atoms with E-state index in [9.17, 15) is 0 Å². The first kappa shape index (κ1) is 12.0. The molecule has 1 heterocycles. The molecule has 3 heteroatoms. The van der Waals surface area contributed by atoms with Crippen LogP contribution in [0.2, 0.25) is 0 Å². The molecule has 0 amide bonds. The topological polar surface area (TPSA) is 48.1 Å². The lowest BCUT2D eigenvalue weighted by molar-refractivity contribution is 0.242. The van der Waals surface area contributed by atoms with Gasteiger partial charge in [-0.1, -0.05) is 20.8 Å². The zero-order valence-electron chi connectivity index (χ0n) is 9.79. The van der Waals surface area contributed by atoms with Crippen LogP contribution in [0.1, 0.15) is 32.9 Å². The zero-order valence-corrected chi connectivity index (χ0v) is 9.79. The monoisotopic (exact) mass is 208 g/mol. The predicted molar refractivity (Wildman–Crippen MR) is 61.7 cm³/mol. The number of hydrogen-bond acceptors (Lipinski definition) is 3. The second-order valence-corrected chi connectivity index (χ2v) is 4.85. The van der Waals surface area contributed by atoms with Crippen molar-refractivity contribution in [3.63, 3.8) is 0 Å². The maximum absolute atomic E-state index is 5.63. The van der Waals surface area contributed by atoms with Crippen molar-refractivity contribution >= 4 is 0 Å². The fraction of sp³-hybridized carbons (Fsp3) is 0.583. The van der Waals surface area contributed by atoms with Crippen LogP contribution >= 0.6 is 0 Å². The van der Waals surface area contributed by atoms with E-state index in [4.69, 9.17) is 10.5 Å². The fourth-order valence-corrected chi connectivity index (χ4v) is 1.13. The number of pyridine rings is 1. The first-order chi connectivity index (χ1) is 7.01. The second kappa shape index (κ2) is 5.12. The van der Waals surface area contributed by atoms with Crippen molar-refractivity contribution in [1.29, 1.82) is 0 Å². The molecule has 0 saturated heterocycles. The maximum atomic E-state index is 5.63. The van der Waals surface area contributed by atoms with Crippen molar-refractivity contribution in [2.75, 3.05) is 6.61 Å². The van der Waals surface area contributed by atoms with E-state index in [0.29, 0.717) is 12.0 Å². The third-order valence-electron chi connectivity index (χ3n) is 2.12. The molecular formula is C12H20N2O. The van der Waals surface area contributed by atoms with E-state index >= 15 is 0 Å². The van der Waals surface area contributed by atoms with Crippen LogP contribution in [0.25, 0.3) is 0 Å². The highest BCUT2D eigenvalue weighted by atomic mass is 16.5. The minimum absolute atomic E-state index is 0.309. The highest BCUT2D eigenvalue weighted by molar-refractivity contribution is 5.22. The van der Waals surface area contributed by atoms with Crippen LogP contribution in [-0.2, 0) is 6.54 Å². The van der Waals surface area contributed by atoms with Crippen LogP contribution < -0.4 is 10.5 Å². The Hall–Kier alpha value is -1.09. The van der Waals surface area contributed by atoms with Gasteiger partial charge in [0.25, 0.3) is 0 Å². The van der Waals surface area contributed by atoms with Crippen LogP contribution in [0.3, 0.4) is 0 Å². The Kier molecular flexibility index (Phi) is 4.09. The summed E-state index contributed by atoms with van der Waals surface area (Å²) < 4.78 is 5.63. The van der Waals surface area contributed by atoms with Crippen molar-refractivity contribution in [3.8, 4) is 5.75 Å². The number of hydrogen-bond donors (Lipinski definition) is 1. The molecule has 0 atom stereocenters. The van der Waals surface area contributed by atoms with Gasteiger partial charge in [-0.05, 0) is 17.9 Å². The van der Waals surface area contributed by atoms with Gasteiger partial charge in [0.2, 0.25) is 0 Å². The van der Waals surface area contributed by atoms with Crippen molar-refractivity contribution in [1.82, 2.24) is 4.98 Å². The molecule has 1 aromatic heterocycles. The van der Waals surface area contributed by atoms with Crippen LogP contribution in [0, 0.1) is 5.41 Å². The summed E-state index contributed by atoms with van der Waals surface area (Å²) in [6.07, 6.45) is 2.77. The molecule has 0 spiro atoms. The first-order valence-electron chi connectivity index (χ1n) is 5.29. The molecule has 1 aromatic rings. The van der Waals surface area contributed by atoms with E-state index in [1.807, 2.05) is 12.1 Å². The molecule has 15 heavy (non-hydrogen) atoms. The van der Waals surface area contributed by atoms with Crippen LogP contribution in [0.15, 0.2) is 18.3 Å². The fourth-order valence-electron chi connectivity index (χ4n) is 1.13.